The number of nitro groups is 1. The fourth-order valence-corrected chi connectivity index (χ4v) is 1.37. The Balaban J connectivity index is 2.87. The Morgan fingerprint density at radius 2 is 1.82 bits per heavy atom. The molecule has 0 aliphatic heterocycles. The predicted octanol–water partition coefficient (Wildman–Crippen LogP) is 0.336. The Labute approximate surface area is 99.3 Å². The van der Waals surface area contributed by atoms with Gasteiger partial charge in [-0.1, -0.05) is 0 Å². The summed E-state index contributed by atoms with van der Waals surface area (Å²) in [5.74, 6) is 0. The normalized spacial score (nSPS) is 10.0. The molecule has 0 saturated carbocycles. The molecule has 0 radical (unpaired) electrons. The van der Waals surface area contributed by atoms with E-state index in [1.54, 1.807) is 12.1 Å². The van der Waals surface area contributed by atoms with Crippen molar-refractivity contribution in [3.63, 3.8) is 0 Å². The van der Waals surface area contributed by atoms with Crippen LogP contribution >= 0.6 is 0 Å². The average Bonchev–Trinajstić information content (AvgIpc) is 2.34. The van der Waals surface area contributed by atoms with E-state index in [1.807, 2.05) is 0 Å². The van der Waals surface area contributed by atoms with Gasteiger partial charge in [0.1, 0.15) is 5.69 Å². The highest BCUT2D eigenvalue weighted by atomic mass is 16.6. The maximum Gasteiger partial charge on any atom is 0.294 e. The molecule has 94 valence electrons. The molecule has 0 amide bonds. The van der Waals surface area contributed by atoms with Gasteiger partial charge in [0.25, 0.3) is 5.69 Å². The van der Waals surface area contributed by atoms with Crippen LogP contribution in [0.4, 0.5) is 17.1 Å². The Hall–Kier alpha value is -1.86. The van der Waals surface area contributed by atoms with E-state index in [9.17, 15) is 10.1 Å². The second-order valence-corrected chi connectivity index (χ2v) is 3.42. The molecule has 0 aliphatic carbocycles. The van der Waals surface area contributed by atoms with E-state index < -0.39 is 4.92 Å². The molecule has 0 fully saturated rings. The van der Waals surface area contributed by atoms with Crippen molar-refractivity contribution in [2.75, 3.05) is 36.8 Å². The lowest BCUT2D eigenvalue weighted by Crippen LogP contribution is -2.15. The average molecular weight is 239 g/mol. The van der Waals surface area contributed by atoms with Gasteiger partial charge in [-0.2, -0.15) is 0 Å². The monoisotopic (exact) mass is 239 g/mol. The Bertz CT molecular complexity index is 383. The summed E-state index contributed by atoms with van der Waals surface area (Å²) in [7, 11) is 0. The highest BCUT2D eigenvalue weighted by Crippen LogP contribution is 2.27. The molecule has 0 aliphatic rings. The smallest absolute Gasteiger partial charge is 0.294 e. The van der Waals surface area contributed by atoms with Gasteiger partial charge < -0.3 is 22.1 Å². The Morgan fingerprint density at radius 3 is 2.41 bits per heavy atom. The SMILES string of the molecule is NCCNc1ccc(NCCN)c([N+](=O)[O-])c1. The maximum atomic E-state index is 10.9. The highest BCUT2D eigenvalue weighted by Gasteiger charge is 2.13. The van der Waals surface area contributed by atoms with Crippen LogP contribution in [0.25, 0.3) is 0 Å². The first-order valence-electron chi connectivity index (χ1n) is 5.35. The molecule has 1 aromatic carbocycles. The van der Waals surface area contributed by atoms with Crippen molar-refractivity contribution in [3.05, 3.63) is 28.3 Å². The predicted molar refractivity (Wildman–Crippen MR) is 68.2 cm³/mol. The third-order valence-electron chi connectivity index (χ3n) is 2.13. The summed E-state index contributed by atoms with van der Waals surface area (Å²) in [6.07, 6.45) is 0. The molecule has 7 heteroatoms. The fraction of sp³-hybridized carbons (Fsp3) is 0.400. The van der Waals surface area contributed by atoms with E-state index >= 15 is 0 Å². The van der Waals surface area contributed by atoms with E-state index in [0.717, 1.165) is 0 Å². The van der Waals surface area contributed by atoms with E-state index in [1.165, 1.54) is 6.07 Å². The Morgan fingerprint density at radius 1 is 1.18 bits per heavy atom. The molecule has 0 aromatic heterocycles. The van der Waals surface area contributed by atoms with Crippen molar-refractivity contribution in [1.29, 1.82) is 0 Å². The van der Waals surface area contributed by atoms with Gasteiger partial charge >= 0.3 is 0 Å². The molecular formula is C10H17N5O2. The topological polar surface area (TPSA) is 119 Å². The van der Waals surface area contributed by atoms with Gasteiger partial charge in [0.05, 0.1) is 4.92 Å². The van der Waals surface area contributed by atoms with E-state index in [-0.39, 0.29) is 5.69 Å². The number of benzene rings is 1. The second kappa shape index (κ2) is 6.66. The lowest BCUT2D eigenvalue weighted by molar-refractivity contribution is -0.383. The molecule has 17 heavy (non-hydrogen) atoms. The summed E-state index contributed by atoms with van der Waals surface area (Å²) in [6.45, 7) is 1.97. The number of hydrogen-bond donors (Lipinski definition) is 4. The van der Waals surface area contributed by atoms with E-state index in [4.69, 9.17) is 11.5 Å². The third-order valence-corrected chi connectivity index (χ3v) is 2.13. The van der Waals surface area contributed by atoms with Gasteiger partial charge in [-0.05, 0) is 12.1 Å². The van der Waals surface area contributed by atoms with Crippen LogP contribution in [-0.2, 0) is 0 Å². The second-order valence-electron chi connectivity index (χ2n) is 3.42. The molecule has 0 unspecified atom stereocenters. The zero-order valence-electron chi connectivity index (χ0n) is 9.48. The molecule has 1 rings (SSSR count). The molecule has 6 N–H and O–H groups in total. The summed E-state index contributed by atoms with van der Waals surface area (Å²) in [6, 6.07) is 4.91. The number of nitrogens with two attached hydrogens (primary N) is 2. The third kappa shape index (κ3) is 3.89. The Kier molecular flexibility index (Phi) is 5.18. The minimum Gasteiger partial charge on any atom is -0.384 e. The zero-order valence-corrected chi connectivity index (χ0v) is 9.48. The standard InChI is InChI=1S/C10H17N5O2/c11-3-5-13-8-1-2-9(14-6-4-12)10(7-8)15(16)17/h1-2,7,13-14H,3-6,11-12H2. The van der Waals surface area contributed by atoms with Crippen molar-refractivity contribution in [2.45, 2.75) is 0 Å². The molecule has 1 aromatic rings. The minimum absolute atomic E-state index is 0.0282. The molecule has 0 bridgehead atoms. The number of nitrogens with zero attached hydrogens (tertiary/aromatic N) is 1. The van der Waals surface area contributed by atoms with Crippen LogP contribution in [0.5, 0.6) is 0 Å². The zero-order chi connectivity index (χ0) is 12.7. The molecule has 0 heterocycles. The van der Waals surface area contributed by atoms with Crippen molar-refractivity contribution in [3.8, 4) is 0 Å². The number of anilines is 2. The number of nitro benzene ring substituents is 1. The number of rotatable bonds is 7. The molecule has 0 spiro atoms. The summed E-state index contributed by atoms with van der Waals surface area (Å²) in [4.78, 5) is 10.5. The minimum atomic E-state index is -0.424. The lowest BCUT2D eigenvalue weighted by atomic mass is 10.2. The van der Waals surface area contributed by atoms with Crippen LogP contribution in [0.1, 0.15) is 0 Å². The van der Waals surface area contributed by atoms with Gasteiger partial charge in [-0.15, -0.1) is 0 Å². The number of hydrogen-bond acceptors (Lipinski definition) is 6. The van der Waals surface area contributed by atoms with E-state index in [2.05, 4.69) is 10.6 Å². The highest BCUT2D eigenvalue weighted by molar-refractivity contribution is 5.67. The first-order valence-corrected chi connectivity index (χ1v) is 5.35. The van der Waals surface area contributed by atoms with Gasteiger partial charge in [0.15, 0.2) is 0 Å². The van der Waals surface area contributed by atoms with E-state index in [0.29, 0.717) is 37.6 Å². The van der Waals surface area contributed by atoms with Gasteiger partial charge in [-0.25, -0.2) is 0 Å². The largest absolute Gasteiger partial charge is 0.384 e. The summed E-state index contributed by atoms with van der Waals surface area (Å²) < 4.78 is 0. The summed E-state index contributed by atoms with van der Waals surface area (Å²) in [5, 5.41) is 16.8. The first-order chi connectivity index (χ1) is 8.19. The quantitative estimate of drug-likeness (QED) is 0.402. The molecular weight excluding hydrogens is 222 g/mol. The van der Waals surface area contributed by atoms with Crippen LogP contribution in [0.3, 0.4) is 0 Å². The van der Waals surface area contributed by atoms with Crippen LogP contribution in [0.15, 0.2) is 18.2 Å². The molecule has 7 nitrogen and oxygen atoms in total. The maximum absolute atomic E-state index is 10.9. The summed E-state index contributed by atoms with van der Waals surface area (Å²) in [5.41, 5.74) is 11.9. The van der Waals surface area contributed by atoms with Crippen molar-refractivity contribution in [1.82, 2.24) is 0 Å². The molecule has 0 saturated heterocycles. The lowest BCUT2D eigenvalue weighted by Gasteiger charge is -2.08. The van der Waals surface area contributed by atoms with Gasteiger partial charge in [-0.3, -0.25) is 10.1 Å². The van der Waals surface area contributed by atoms with Gasteiger partial charge in [0, 0.05) is 37.9 Å². The summed E-state index contributed by atoms with van der Waals surface area (Å²) >= 11 is 0. The first kappa shape index (κ1) is 13.2. The van der Waals surface area contributed by atoms with Crippen LogP contribution in [0, 0.1) is 10.1 Å². The van der Waals surface area contributed by atoms with Crippen molar-refractivity contribution in [2.24, 2.45) is 11.5 Å². The van der Waals surface area contributed by atoms with Crippen molar-refractivity contribution < 1.29 is 4.92 Å². The van der Waals surface area contributed by atoms with Crippen molar-refractivity contribution >= 4 is 17.1 Å². The fourth-order valence-electron chi connectivity index (χ4n) is 1.37. The van der Waals surface area contributed by atoms with Gasteiger partial charge in [0.2, 0.25) is 0 Å². The van der Waals surface area contributed by atoms with Crippen LogP contribution in [-0.4, -0.2) is 31.1 Å². The van der Waals surface area contributed by atoms with Crippen LogP contribution < -0.4 is 22.1 Å². The van der Waals surface area contributed by atoms with Crippen LogP contribution in [0.2, 0.25) is 0 Å². The molecule has 0 atom stereocenters. The number of nitrogens with one attached hydrogen (secondary N) is 2.